The normalized spacial score (nSPS) is 50.0. The summed E-state index contributed by atoms with van der Waals surface area (Å²) in [7, 11) is 0. The number of Topliss-reactive ketones (excluding diaryl/α,β-unsaturated/α-hetero) is 1. The summed E-state index contributed by atoms with van der Waals surface area (Å²) in [4.78, 5) is 14.9. The third-order valence-corrected chi connectivity index (χ3v) is 18.0. The van der Waals surface area contributed by atoms with E-state index in [-0.39, 0.29) is 29.3 Å². The second-order valence-electron chi connectivity index (χ2n) is 21.9. The predicted octanol–water partition coefficient (Wildman–Crippen LogP) is -0.0410. The molecule has 3 saturated heterocycles. The molecule has 3 saturated carbocycles. The highest BCUT2D eigenvalue weighted by molar-refractivity contribution is 5.88. The lowest BCUT2D eigenvalue weighted by atomic mass is 9.38. The molecule has 6 fully saturated rings. The fraction of sp³-hybridized carbons (Fsp3) is 0.896. The largest absolute Gasteiger partial charge is 0.394 e. The molecule has 18 heteroatoms. The van der Waals surface area contributed by atoms with Crippen LogP contribution in [-0.2, 0) is 33.2 Å². The fourth-order valence-corrected chi connectivity index (χ4v) is 13.7. The van der Waals surface area contributed by atoms with E-state index in [2.05, 4.69) is 53.7 Å². The van der Waals surface area contributed by atoms with Crippen molar-refractivity contribution < 1.29 is 89.4 Å². The Hall–Kier alpha value is -1.53. The minimum atomic E-state index is -1.77. The zero-order chi connectivity index (χ0) is 48.4. The van der Waals surface area contributed by atoms with Gasteiger partial charge in [0.05, 0.1) is 32.5 Å². The highest BCUT2D eigenvalue weighted by Crippen LogP contribution is 2.74. The zero-order valence-corrected chi connectivity index (χ0v) is 39.5. The molecule has 0 unspecified atom stereocenters. The first-order valence-electron chi connectivity index (χ1n) is 24.1. The second kappa shape index (κ2) is 19.9. The third kappa shape index (κ3) is 8.83. The van der Waals surface area contributed by atoms with Gasteiger partial charge in [-0.05, 0) is 86.4 Å². The molecule has 66 heavy (non-hydrogen) atoms. The van der Waals surface area contributed by atoms with Crippen LogP contribution in [-0.4, -0.2) is 187 Å². The number of ketones is 1. The molecule has 4 aliphatic carbocycles. The summed E-state index contributed by atoms with van der Waals surface area (Å²) in [6.07, 6.45) is -12.0. The van der Waals surface area contributed by atoms with Gasteiger partial charge in [0.1, 0.15) is 79.0 Å². The summed E-state index contributed by atoms with van der Waals surface area (Å²) in [5.74, 6) is 1.06. The lowest BCUT2D eigenvalue weighted by Crippen LogP contribution is -2.64. The molecule has 3 heterocycles. The van der Waals surface area contributed by atoms with Crippen LogP contribution in [0.1, 0.15) is 99.8 Å². The van der Waals surface area contributed by atoms with E-state index in [1.165, 1.54) is 5.57 Å². The monoisotopic (exact) mass is 943 g/mol. The fourth-order valence-electron chi connectivity index (χ4n) is 13.7. The van der Waals surface area contributed by atoms with E-state index in [1.54, 1.807) is 0 Å². The maximum Gasteiger partial charge on any atom is 0.187 e. The van der Waals surface area contributed by atoms with Gasteiger partial charge in [-0.3, -0.25) is 4.79 Å². The average Bonchev–Trinajstić information content (AvgIpc) is 3.55. The number of fused-ring (bicyclic) bond motifs is 5. The van der Waals surface area contributed by atoms with Crippen molar-refractivity contribution >= 4 is 5.78 Å². The molecule has 0 aromatic rings. The lowest BCUT2D eigenvalue weighted by Gasteiger charge is -2.65. The van der Waals surface area contributed by atoms with E-state index < -0.39 is 129 Å². The maximum atomic E-state index is 14.9. The van der Waals surface area contributed by atoms with Crippen LogP contribution in [0.4, 0.5) is 0 Å². The molecule has 0 aromatic heterocycles. The number of aliphatic hydroxyl groups excluding tert-OH is 11. The Labute approximate surface area is 387 Å². The van der Waals surface area contributed by atoms with Crippen molar-refractivity contribution in [2.75, 3.05) is 26.4 Å². The van der Waals surface area contributed by atoms with Crippen LogP contribution in [0.5, 0.6) is 0 Å². The van der Waals surface area contributed by atoms with Gasteiger partial charge in [0.2, 0.25) is 0 Å². The second-order valence-corrected chi connectivity index (χ2v) is 21.9. The van der Waals surface area contributed by atoms with Crippen molar-refractivity contribution in [2.24, 2.45) is 45.3 Å². The summed E-state index contributed by atoms with van der Waals surface area (Å²) >= 11 is 0. The Bertz CT molecular complexity index is 1760. The number of hydrogen-bond acceptors (Lipinski definition) is 18. The van der Waals surface area contributed by atoms with E-state index in [0.717, 1.165) is 37.7 Å². The molecule has 0 aromatic carbocycles. The number of carbonyl (C=O) groups excluding carboxylic acids is 1. The first kappa shape index (κ1) is 52.3. The number of aliphatic hydroxyl groups is 11. The van der Waals surface area contributed by atoms with Gasteiger partial charge in [0.25, 0.3) is 0 Å². The van der Waals surface area contributed by atoms with Crippen LogP contribution in [0.15, 0.2) is 23.3 Å². The first-order chi connectivity index (χ1) is 31.0. The minimum absolute atomic E-state index is 0.0121. The summed E-state index contributed by atoms with van der Waals surface area (Å²) in [5, 5.41) is 113. The molecule has 0 bridgehead atoms. The van der Waals surface area contributed by atoms with Crippen molar-refractivity contribution in [1.82, 2.24) is 0 Å². The molecule has 378 valence electrons. The topological polar surface area (TPSA) is 295 Å². The quantitative estimate of drug-likeness (QED) is 0.102. The Morgan fingerprint density at radius 3 is 1.85 bits per heavy atom. The molecule has 11 N–H and O–H groups in total. The van der Waals surface area contributed by atoms with Gasteiger partial charge < -0.3 is 84.6 Å². The van der Waals surface area contributed by atoms with Gasteiger partial charge in [-0.25, -0.2) is 0 Å². The first-order valence-corrected chi connectivity index (χ1v) is 24.1. The third-order valence-electron chi connectivity index (χ3n) is 18.0. The molecule has 0 spiro atoms. The van der Waals surface area contributed by atoms with Crippen LogP contribution >= 0.6 is 0 Å². The molecule has 23 atom stereocenters. The van der Waals surface area contributed by atoms with Crippen molar-refractivity contribution in [1.29, 1.82) is 0 Å². The Morgan fingerprint density at radius 2 is 1.27 bits per heavy atom. The minimum Gasteiger partial charge on any atom is -0.394 e. The van der Waals surface area contributed by atoms with E-state index in [9.17, 15) is 61.0 Å². The molecule has 18 nitrogen and oxygen atoms in total. The summed E-state index contributed by atoms with van der Waals surface area (Å²) in [6.45, 7) is 13.5. The number of carbonyl (C=O) groups is 1. The molecule has 7 aliphatic rings. The number of rotatable bonds is 14. The standard InChI is InChI=1S/C48H78O18/c1-22(21-61-44-41(38(58)35(55)29(20-51)64-44)66-43-40(60)37(57)34(54)28(19-50)63-43)9-8-10-23(2)24-15-16-46(5)30-13-11-25-26(48(30,7)31(52)17-47(24,46)6)12-14-32(45(25,3)4)65-42-39(59)36(56)33(53)27(18-49)62-42/h9,11,23-24,26-30,32-44,49-51,53-60H,8,10,12-21H2,1-7H3/b22-9+/t23-,24-,26-,27-,28-,29-,30+,32+,33-,34-,35-,36+,37+,38+,39-,40-,41-,42+,43+,44-,46+,47-,48+/m1/s1. The van der Waals surface area contributed by atoms with Gasteiger partial charge in [0, 0.05) is 17.3 Å². The van der Waals surface area contributed by atoms with Gasteiger partial charge in [-0.2, -0.15) is 0 Å². The summed E-state index contributed by atoms with van der Waals surface area (Å²) < 4.78 is 35.2. The van der Waals surface area contributed by atoms with E-state index in [4.69, 9.17) is 28.4 Å². The van der Waals surface area contributed by atoms with Gasteiger partial charge >= 0.3 is 0 Å². The van der Waals surface area contributed by atoms with Crippen molar-refractivity contribution in [3.63, 3.8) is 0 Å². The number of ether oxygens (including phenoxy) is 6. The summed E-state index contributed by atoms with van der Waals surface area (Å²) in [5.41, 5.74) is 0.593. The molecule has 7 rings (SSSR count). The van der Waals surface area contributed by atoms with Crippen molar-refractivity contribution in [3.8, 4) is 0 Å². The van der Waals surface area contributed by atoms with Gasteiger partial charge in [0.15, 0.2) is 18.9 Å². The van der Waals surface area contributed by atoms with E-state index >= 15 is 0 Å². The zero-order valence-electron chi connectivity index (χ0n) is 39.5. The smallest absolute Gasteiger partial charge is 0.187 e. The Morgan fingerprint density at radius 1 is 0.727 bits per heavy atom. The molecule has 3 aliphatic heterocycles. The maximum absolute atomic E-state index is 14.9. The van der Waals surface area contributed by atoms with Crippen LogP contribution < -0.4 is 0 Å². The van der Waals surface area contributed by atoms with Crippen LogP contribution in [0.25, 0.3) is 0 Å². The highest BCUT2D eigenvalue weighted by Gasteiger charge is 2.70. The van der Waals surface area contributed by atoms with Gasteiger partial charge in [-0.15, -0.1) is 0 Å². The van der Waals surface area contributed by atoms with Gasteiger partial charge in [-0.1, -0.05) is 64.8 Å². The predicted molar refractivity (Wildman–Crippen MR) is 233 cm³/mol. The SMILES string of the molecule is C/C(=C\CC[C@@H](C)[C@H]1CC[C@@]2(C)[C@@H]3CC=C4[C@@H](CC[C@H](O[C@@H]5O[C@H](CO)[C@@H](O)[C@H](O)[C@H]5O)C4(C)C)[C@]3(C)C(=O)C[C@]12C)CO[C@@H]1O[C@H](CO)[C@@H](O)[C@H](O)[C@H]1O[C@@H]1O[C@H](CO)[C@@H](O)[C@H](O)[C@H]1O. The van der Waals surface area contributed by atoms with E-state index in [0.29, 0.717) is 36.9 Å². The lowest BCUT2D eigenvalue weighted by molar-refractivity contribution is -0.366. The Balaban J connectivity index is 0.985. The van der Waals surface area contributed by atoms with Crippen molar-refractivity contribution in [3.05, 3.63) is 23.3 Å². The highest BCUT2D eigenvalue weighted by atomic mass is 16.8. The average molecular weight is 943 g/mol. The summed E-state index contributed by atoms with van der Waals surface area (Å²) in [6, 6.07) is 0. The van der Waals surface area contributed by atoms with Crippen LogP contribution in [0, 0.1) is 45.3 Å². The van der Waals surface area contributed by atoms with Crippen LogP contribution in [0.3, 0.4) is 0 Å². The molecule has 0 radical (unpaired) electrons. The number of hydrogen-bond donors (Lipinski definition) is 11. The van der Waals surface area contributed by atoms with E-state index in [1.807, 2.05) is 6.92 Å². The van der Waals surface area contributed by atoms with Crippen LogP contribution in [0.2, 0.25) is 0 Å². The molecular weight excluding hydrogens is 865 g/mol. The molecule has 0 amide bonds. The molecular formula is C48H78O18. The number of allylic oxidation sites excluding steroid dienone is 2. The Kier molecular flexibility index (Phi) is 15.8. The van der Waals surface area contributed by atoms with Crippen molar-refractivity contribution in [2.45, 2.75) is 198 Å².